The summed E-state index contributed by atoms with van der Waals surface area (Å²) in [4.78, 5) is 8.07. The van der Waals surface area contributed by atoms with Gasteiger partial charge in [0.25, 0.3) is 0 Å². The molecule has 2 rings (SSSR count). The summed E-state index contributed by atoms with van der Waals surface area (Å²) in [6.07, 6.45) is 1.46. The van der Waals surface area contributed by atoms with Crippen LogP contribution < -0.4 is 10.6 Å². The molecule has 2 aromatic rings. The van der Waals surface area contributed by atoms with Crippen LogP contribution in [0.1, 0.15) is 6.92 Å². The Kier molecular flexibility index (Phi) is 4.43. The van der Waals surface area contributed by atoms with E-state index in [0.29, 0.717) is 23.0 Å². The van der Waals surface area contributed by atoms with E-state index in [9.17, 15) is 13.2 Å². The molecule has 1 heterocycles. The van der Waals surface area contributed by atoms with Crippen molar-refractivity contribution < 1.29 is 13.2 Å². The standard InChI is InChI=1S/C12H10BrF3N4/c1-2-17-12-18-5-6(13)11(20-12)19-10-4-8(15)7(14)3-9(10)16/h3-5H,2H2,1H3,(H2,17,18,19,20). The second-order valence-electron chi connectivity index (χ2n) is 3.79. The van der Waals surface area contributed by atoms with Gasteiger partial charge in [0, 0.05) is 24.9 Å². The van der Waals surface area contributed by atoms with Gasteiger partial charge in [-0.15, -0.1) is 0 Å². The lowest BCUT2D eigenvalue weighted by Crippen LogP contribution is -2.05. The molecule has 0 saturated heterocycles. The number of nitrogens with zero attached hydrogens (tertiary/aromatic N) is 2. The lowest BCUT2D eigenvalue weighted by molar-refractivity contribution is 0.496. The summed E-state index contributed by atoms with van der Waals surface area (Å²) in [5, 5.41) is 5.47. The number of halogens is 4. The number of anilines is 3. The number of hydrogen-bond donors (Lipinski definition) is 2. The SMILES string of the molecule is CCNc1ncc(Br)c(Nc2cc(F)c(F)cc2F)n1. The highest BCUT2D eigenvalue weighted by Gasteiger charge is 2.12. The van der Waals surface area contributed by atoms with Gasteiger partial charge >= 0.3 is 0 Å². The van der Waals surface area contributed by atoms with Crippen LogP contribution in [0.5, 0.6) is 0 Å². The summed E-state index contributed by atoms with van der Waals surface area (Å²) < 4.78 is 40.0. The van der Waals surface area contributed by atoms with Crippen LogP contribution in [0.2, 0.25) is 0 Å². The van der Waals surface area contributed by atoms with E-state index in [2.05, 4.69) is 36.5 Å². The zero-order chi connectivity index (χ0) is 14.7. The van der Waals surface area contributed by atoms with Gasteiger partial charge in [-0.1, -0.05) is 0 Å². The summed E-state index contributed by atoms with van der Waals surface area (Å²) >= 11 is 3.19. The molecule has 0 unspecified atom stereocenters. The zero-order valence-corrected chi connectivity index (χ0v) is 11.9. The maximum absolute atomic E-state index is 13.6. The maximum atomic E-state index is 13.6. The molecule has 106 valence electrons. The van der Waals surface area contributed by atoms with Crippen molar-refractivity contribution in [1.82, 2.24) is 9.97 Å². The second kappa shape index (κ2) is 6.08. The molecule has 0 amide bonds. The summed E-state index contributed by atoms with van der Waals surface area (Å²) in [6, 6.07) is 1.20. The molecule has 0 aliphatic carbocycles. The molecule has 20 heavy (non-hydrogen) atoms. The zero-order valence-electron chi connectivity index (χ0n) is 10.3. The number of hydrogen-bond acceptors (Lipinski definition) is 4. The number of nitrogens with one attached hydrogen (secondary N) is 2. The number of benzene rings is 1. The van der Waals surface area contributed by atoms with E-state index in [0.717, 1.165) is 6.07 Å². The van der Waals surface area contributed by atoms with Gasteiger partial charge in [-0.2, -0.15) is 4.98 Å². The van der Waals surface area contributed by atoms with Gasteiger partial charge in [0.15, 0.2) is 11.6 Å². The number of rotatable bonds is 4. The molecule has 0 atom stereocenters. The summed E-state index contributed by atoms with van der Waals surface area (Å²) in [5.41, 5.74) is -0.217. The summed E-state index contributed by atoms with van der Waals surface area (Å²) in [6.45, 7) is 2.48. The van der Waals surface area contributed by atoms with Crippen LogP contribution in [0.25, 0.3) is 0 Å². The molecular formula is C12H10BrF3N4. The molecular weight excluding hydrogens is 337 g/mol. The lowest BCUT2D eigenvalue weighted by atomic mass is 10.3. The minimum atomic E-state index is -1.25. The first kappa shape index (κ1) is 14.6. The Balaban J connectivity index is 2.34. The van der Waals surface area contributed by atoms with E-state index < -0.39 is 17.5 Å². The minimum Gasteiger partial charge on any atom is -0.354 e. The first-order valence-electron chi connectivity index (χ1n) is 5.69. The molecule has 2 N–H and O–H groups in total. The van der Waals surface area contributed by atoms with Gasteiger partial charge in [0.1, 0.15) is 11.6 Å². The molecule has 4 nitrogen and oxygen atoms in total. The smallest absolute Gasteiger partial charge is 0.224 e. The van der Waals surface area contributed by atoms with Gasteiger partial charge in [-0.25, -0.2) is 18.2 Å². The van der Waals surface area contributed by atoms with E-state index >= 15 is 0 Å². The van der Waals surface area contributed by atoms with E-state index in [1.54, 1.807) is 0 Å². The maximum Gasteiger partial charge on any atom is 0.224 e. The van der Waals surface area contributed by atoms with Crippen LogP contribution in [-0.4, -0.2) is 16.5 Å². The Hall–Kier alpha value is -1.83. The molecule has 8 heteroatoms. The third-order valence-corrected chi connectivity index (χ3v) is 2.92. The van der Waals surface area contributed by atoms with Crippen molar-refractivity contribution >= 4 is 33.4 Å². The molecule has 0 saturated carbocycles. The molecule has 0 aliphatic heterocycles. The Bertz CT molecular complexity index is 636. The van der Waals surface area contributed by atoms with Crippen molar-refractivity contribution in [2.45, 2.75) is 6.92 Å². The van der Waals surface area contributed by atoms with Crippen molar-refractivity contribution in [3.8, 4) is 0 Å². The molecule has 0 bridgehead atoms. The molecule has 1 aromatic heterocycles. The Morgan fingerprint density at radius 1 is 1.15 bits per heavy atom. The lowest BCUT2D eigenvalue weighted by Gasteiger charge is -2.10. The van der Waals surface area contributed by atoms with Crippen molar-refractivity contribution in [2.75, 3.05) is 17.2 Å². The average Bonchev–Trinajstić information content (AvgIpc) is 2.40. The Labute approximate surface area is 121 Å². The Morgan fingerprint density at radius 3 is 2.55 bits per heavy atom. The van der Waals surface area contributed by atoms with Gasteiger partial charge in [-0.05, 0) is 22.9 Å². The highest BCUT2D eigenvalue weighted by atomic mass is 79.9. The molecule has 0 fully saturated rings. The summed E-state index contributed by atoms with van der Waals surface area (Å²) in [7, 11) is 0. The molecule has 1 aromatic carbocycles. The van der Waals surface area contributed by atoms with Crippen molar-refractivity contribution in [1.29, 1.82) is 0 Å². The van der Waals surface area contributed by atoms with Crippen molar-refractivity contribution in [3.05, 3.63) is 40.3 Å². The van der Waals surface area contributed by atoms with E-state index in [1.807, 2.05) is 6.92 Å². The largest absolute Gasteiger partial charge is 0.354 e. The van der Waals surface area contributed by atoms with Gasteiger partial charge in [0.05, 0.1) is 10.2 Å². The fourth-order valence-electron chi connectivity index (χ4n) is 1.44. The Morgan fingerprint density at radius 2 is 1.85 bits per heavy atom. The highest BCUT2D eigenvalue weighted by molar-refractivity contribution is 9.10. The van der Waals surface area contributed by atoms with Crippen LogP contribution in [-0.2, 0) is 0 Å². The first-order valence-corrected chi connectivity index (χ1v) is 6.48. The number of aromatic nitrogens is 2. The van der Waals surface area contributed by atoms with Gasteiger partial charge in [0.2, 0.25) is 5.95 Å². The van der Waals surface area contributed by atoms with E-state index in [4.69, 9.17) is 0 Å². The highest BCUT2D eigenvalue weighted by Crippen LogP contribution is 2.27. The van der Waals surface area contributed by atoms with Crippen molar-refractivity contribution in [3.63, 3.8) is 0 Å². The molecule has 0 spiro atoms. The molecule has 0 aliphatic rings. The minimum absolute atomic E-state index is 0.217. The molecule has 0 radical (unpaired) electrons. The third-order valence-electron chi connectivity index (χ3n) is 2.34. The van der Waals surface area contributed by atoms with Crippen LogP contribution >= 0.6 is 15.9 Å². The summed E-state index contributed by atoms with van der Waals surface area (Å²) in [5.74, 6) is -2.74. The monoisotopic (exact) mass is 346 g/mol. The van der Waals surface area contributed by atoms with Gasteiger partial charge < -0.3 is 10.6 Å². The van der Waals surface area contributed by atoms with Crippen LogP contribution in [0, 0.1) is 17.5 Å². The fraction of sp³-hybridized carbons (Fsp3) is 0.167. The van der Waals surface area contributed by atoms with E-state index in [-0.39, 0.29) is 11.5 Å². The average molecular weight is 347 g/mol. The second-order valence-corrected chi connectivity index (χ2v) is 4.65. The van der Waals surface area contributed by atoms with Crippen molar-refractivity contribution in [2.24, 2.45) is 0 Å². The van der Waals surface area contributed by atoms with Crippen LogP contribution in [0.4, 0.5) is 30.6 Å². The first-order chi connectivity index (χ1) is 9.51. The normalized spacial score (nSPS) is 10.4. The fourth-order valence-corrected chi connectivity index (χ4v) is 1.73. The predicted molar refractivity (Wildman–Crippen MR) is 73.5 cm³/mol. The third kappa shape index (κ3) is 3.19. The topological polar surface area (TPSA) is 49.8 Å². The van der Waals surface area contributed by atoms with E-state index in [1.165, 1.54) is 6.20 Å². The van der Waals surface area contributed by atoms with Gasteiger partial charge in [-0.3, -0.25) is 0 Å². The quantitative estimate of drug-likeness (QED) is 0.826. The predicted octanol–water partition coefficient (Wildman–Crippen LogP) is 3.83. The van der Waals surface area contributed by atoms with Crippen LogP contribution in [0.3, 0.4) is 0 Å². The van der Waals surface area contributed by atoms with Crippen LogP contribution in [0.15, 0.2) is 22.8 Å².